The summed E-state index contributed by atoms with van der Waals surface area (Å²) in [6, 6.07) is 23.9. The molecule has 2 aliphatic rings. The third kappa shape index (κ3) is 12.4. The third-order valence-electron chi connectivity index (χ3n) is 12.4. The first-order valence-corrected chi connectivity index (χ1v) is 24.3. The maximum absolute atomic E-state index is 12.7. The number of hydrogen-bond acceptors (Lipinski definition) is 8. The third-order valence-corrected chi connectivity index (χ3v) is 15.1. The second-order valence-corrected chi connectivity index (χ2v) is 19.6. The molecule has 0 saturated heterocycles. The summed E-state index contributed by atoms with van der Waals surface area (Å²) in [4.78, 5) is 61.2. The Bertz CT molecular complexity index is 2300. The quantitative estimate of drug-likeness (QED) is 0.0998. The van der Waals surface area contributed by atoms with Crippen molar-refractivity contribution >= 4 is 89.7 Å². The van der Waals surface area contributed by atoms with Crippen molar-refractivity contribution < 1.29 is 19.2 Å². The minimum atomic E-state index is -0.470. The van der Waals surface area contributed by atoms with Crippen LogP contribution in [-0.4, -0.2) is 45.4 Å². The van der Waals surface area contributed by atoms with Gasteiger partial charge in [0.1, 0.15) is 9.66 Å². The summed E-state index contributed by atoms with van der Waals surface area (Å²) in [6.07, 6.45) is 13.3. The van der Waals surface area contributed by atoms with E-state index in [-0.39, 0.29) is 35.2 Å². The lowest BCUT2D eigenvalue weighted by molar-refractivity contribution is -0.129. The zero-order chi connectivity index (χ0) is 43.6. The number of ketones is 2. The monoisotopic (exact) mass is 908 g/mol. The number of thiophene rings is 2. The zero-order valence-electron chi connectivity index (χ0n) is 35.3. The van der Waals surface area contributed by atoms with Gasteiger partial charge in [-0.15, -0.1) is 22.7 Å². The summed E-state index contributed by atoms with van der Waals surface area (Å²) in [5, 5.41) is 12.9. The predicted octanol–water partition coefficient (Wildman–Crippen LogP) is 11.2. The Morgan fingerprint density at radius 1 is 0.613 bits per heavy atom. The van der Waals surface area contributed by atoms with Gasteiger partial charge in [0.05, 0.1) is 22.1 Å². The van der Waals surface area contributed by atoms with Crippen LogP contribution in [0.15, 0.2) is 96.0 Å². The van der Waals surface area contributed by atoms with E-state index in [0.29, 0.717) is 47.6 Å². The molecule has 62 heavy (non-hydrogen) atoms. The minimum Gasteiger partial charge on any atom is -0.346 e. The number of benzene rings is 2. The molecule has 12 heteroatoms. The molecule has 4 aromatic heterocycles. The molecule has 2 aromatic carbocycles. The lowest BCUT2D eigenvalue weighted by Gasteiger charge is -2.17. The highest BCUT2D eigenvalue weighted by Crippen LogP contribution is 2.35. The van der Waals surface area contributed by atoms with Gasteiger partial charge in [0, 0.05) is 58.6 Å². The number of Topliss-reactive ketones (excluding diaryl/α,β-unsaturated/α-hetero) is 2. The number of pyridine rings is 2. The standard InChI is InChI=1S/2C25H27ClN2O2S/c2*1-16(23(29)10-8-19-13-21-22(26)15-31-25(21)27-14-19)28-24(30)20-9-7-18(12-20)11-17-5-3-2-4-6-17/h2*2-6,13-16,18,20H,7-12H2,1H3,(H,28,30)/t2*16-,18-,20+/m00/s1. The van der Waals surface area contributed by atoms with Crippen LogP contribution in [0.1, 0.15) is 87.5 Å². The van der Waals surface area contributed by atoms with Gasteiger partial charge in [0.15, 0.2) is 11.6 Å². The smallest absolute Gasteiger partial charge is 0.223 e. The highest BCUT2D eigenvalue weighted by Gasteiger charge is 2.32. The van der Waals surface area contributed by atoms with Crippen LogP contribution in [0, 0.1) is 23.7 Å². The molecule has 2 saturated carbocycles. The largest absolute Gasteiger partial charge is 0.346 e. The molecule has 6 atom stereocenters. The average Bonchev–Trinajstić information content (AvgIpc) is 4.11. The molecule has 6 aromatic rings. The van der Waals surface area contributed by atoms with Crippen LogP contribution >= 0.6 is 45.9 Å². The summed E-state index contributed by atoms with van der Waals surface area (Å²) < 4.78 is 0. The molecular formula is C50H54Cl2N4O4S2. The van der Waals surface area contributed by atoms with Crippen LogP contribution in [0.5, 0.6) is 0 Å². The SMILES string of the molecule is C[C@H](NC(=O)[C@@H]1CC[C@@H](Cc2ccccc2)C1)C(=O)CCc1cnc2scc(Cl)c2c1.C[C@H](NC(=O)[C@@H]1CC[C@@H](Cc2ccccc2)C1)C(=O)CCc1cnc2scc(Cl)c2c1. The molecule has 0 radical (unpaired) electrons. The number of nitrogens with zero attached hydrogens (tertiary/aromatic N) is 2. The van der Waals surface area contributed by atoms with Gasteiger partial charge in [0.2, 0.25) is 11.8 Å². The number of carbonyl (C=O) groups is 4. The summed E-state index contributed by atoms with van der Waals surface area (Å²) in [6.45, 7) is 3.57. The van der Waals surface area contributed by atoms with Gasteiger partial charge in [-0.2, -0.15) is 0 Å². The average molecular weight is 910 g/mol. The molecule has 2 N–H and O–H groups in total. The fourth-order valence-electron chi connectivity index (χ4n) is 8.82. The summed E-state index contributed by atoms with van der Waals surface area (Å²) in [5.41, 5.74) is 4.63. The van der Waals surface area contributed by atoms with Crippen molar-refractivity contribution in [1.82, 2.24) is 20.6 Å². The molecule has 0 spiro atoms. The molecule has 8 rings (SSSR count). The molecule has 0 unspecified atom stereocenters. The maximum atomic E-state index is 12.7. The van der Waals surface area contributed by atoms with E-state index in [1.165, 1.54) is 33.8 Å². The van der Waals surface area contributed by atoms with Gasteiger partial charge in [-0.05, 0) is 124 Å². The van der Waals surface area contributed by atoms with Crippen LogP contribution in [0.4, 0.5) is 0 Å². The fourth-order valence-corrected chi connectivity index (χ4v) is 11.0. The first-order valence-electron chi connectivity index (χ1n) is 21.8. The van der Waals surface area contributed by atoms with Crippen molar-refractivity contribution in [3.63, 3.8) is 0 Å². The number of rotatable bonds is 16. The number of aryl methyl sites for hydroxylation is 2. The normalized spacial score (nSPS) is 19.4. The van der Waals surface area contributed by atoms with Gasteiger partial charge in [-0.3, -0.25) is 19.2 Å². The van der Waals surface area contributed by atoms with Crippen molar-refractivity contribution in [2.24, 2.45) is 23.7 Å². The van der Waals surface area contributed by atoms with E-state index in [4.69, 9.17) is 23.2 Å². The molecule has 2 aliphatic carbocycles. The first-order chi connectivity index (χ1) is 30.0. The Labute approximate surface area is 382 Å². The van der Waals surface area contributed by atoms with Crippen molar-refractivity contribution in [3.05, 3.63) is 128 Å². The van der Waals surface area contributed by atoms with Crippen molar-refractivity contribution in [2.75, 3.05) is 0 Å². The first kappa shape index (κ1) is 45.5. The number of carbonyl (C=O) groups excluding carboxylic acids is 4. The number of amides is 2. The van der Waals surface area contributed by atoms with E-state index < -0.39 is 12.1 Å². The Kier molecular flexibility index (Phi) is 16.0. The second-order valence-electron chi connectivity index (χ2n) is 17.1. The molecular weight excluding hydrogens is 856 g/mol. The molecule has 324 valence electrons. The Balaban J connectivity index is 0.000000186. The lowest BCUT2D eigenvalue weighted by atomic mass is 9.96. The van der Waals surface area contributed by atoms with E-state index in [2.05, 4.69) is 69.1 Å². The molecule has 0 bridgehead atoms. The number of fused-ring (bicyclic) bond motifs is 2. The molecule has 2 fully saturated rings. The Morgan fingerprint density at radius 3 is 1.42 bits per heavy atom. The number of nitrogens with one attached hydrogen (secondary N) is 2. The highest BCUT2D eigenvalue weighted by atomic mass is 35.5. The van der Waals surface area contributed by atoms with Gasteiger partial charge < -0.3 is 10.6 Å². The van der Waals surface area contributed by atoms with Crippen LogP contribution in [0.25, 0.3) is 20.4 Å². The zero-order valence-corrected chi connectivity index (χ0v) is 38.4. The predicted molar refractivity (Wildman–Crippen MR) is 253 cm³/mol. The second kappa shape index (κ2) is 21.7. The van der Waals surface area contributed by atoms with Gasteiger partial charge in [-0.1, -0.05) is 83.9 Å². The van der Waals surface area contributed by atoms with Crippen molar-refractivity contribution in [2.45, 2.75) is 103 Å². The van der Waals surface area contributed by atoms with Gasteiger partial charge in [-0.25, -0.2) is 9.97 Å². The van der Waals surface area contributed by atoms with E-state index in [0.717, 1.165) is 82.9 Å². The molecule has 8 nitrogen and oxygen atoms in total. The Morgan fingerprint density at radius 2 is 1.02 bits per heavy atom. The van der Waals surface area contributed by atoms with Gasteiger partial charge in [0.25, 0.3) is 0 Å². The Hall–Kier alpha value is -4.48. The number of hydrogen-bond donors (Lipinski definition) is 2. The van der Waals surface area contributed by atoms with Gasteiger partial charge >= 0.3 is 0 Å². The van der Waals surface area contributed by atoms with E-state index in [1.807, 2.05) is 35.0 Å². The summed E-state index contributed by atoms with van der Waals surface area (Å²) in [7, 11) is 0. The molecule has 4 heterocycles. The van der Waals surface area contributed by atoms with Crippen LogP contribution in [-0.2, 0) is 44.9 Å². The summed E-state index contributed by atoms with van der Waals surface area (Å²) in [5.74, 6) is 1.22. The lowest BCUT2D eigenvalue weighted by Crippen LogP contribution is -2.41. The molecule has 2 amide bonds. The topological polar surface area (TPSA) is 118 Å². The van der Waals surface area contributed by atoms with E-state index in [9.17, 15) is 19.2 Å². The molecule has 0 aliphatic heterocycles. The van der Waals surface area contributed by atoms with E-state index in [1.54, 1.807) is 26.2 Å². The van der Waals surface area contributed by atoms with Crippen LogP contribution in [0.3, 0.4) is 0 Å². The highest BCUT2D eigenvalue weighted by molar-refractivity contribution is 7.17. The van der Waals surface area contributed by atoms with Crippen molar-refractivity contribution in [3.8, 4) is 0 Å². The van der Waals surface area contributed by atoms with Crippen molar-refractivity contribution in [1.29, 1.82) is 0 Å². The minimum absolute atomic E-state index is 0.0105. The maximum Gasteiger partial charge on any atom is 0.223 e. The van der Waals surface area contributed by atoms with E-state index >= 15 is 0 Å². The number of aromatic nitrogens is 2. The fraction of sp³-hybridized carbons (Fsp3) is 0.400. The summed E-state index contributed by atoms with van der Waals surface area (Å²) >= 11 is 15.4. The van der Waals surface area contributed by atoms with Crippen LogP contribution < -0.4 is 10.6 Å². The number of halogens is 2. The van der Waals surface area contributed by atoms with Crippen LogP contribution in [0.2, 0.25) is 10.0 Å².